The molecule has 22 heavy (non-hydrogen) atoms. The zero-order valence-electron chi connectivity index (χ0n) is 12.5. The highest BCUT2D eigenvalue weighted by atomic mass is 16.5. The van der Waals surface area contributed by atoms with Crippen molar-refractivity contribution in [2.45, 2.75) is 6.92 Å². The highest BCUT2D eigenvalue weighted by Gasteiger charge is 2.09. The standard InChI is InChI=1S/C17H17NO4/c1-12-7-8-14(16(9-12)21-2)18-17(20)11-22-15-6-4-3-5-13(15)10-19/h3-10H,11H2,1-2H3,(H,18,20). The molecule has 114 valence electrons. The monoisotopic (exact) mass is 299 g/mol. The molecule has 5 nitrogen and oxygen atoms in total. The number of carbonyl (C=O) groups is 2. The van der Waals surface area contributed by atoms with Gasteiger partial charge in [0, 0.05) is 0 Å². The summed E-state index contributed by atoms with van der Waals surface area (Å²) in [7, 11) is 1.54. The Bertz CT molecular complexity index is 682. The van der Waals surface area contributed by atoms with E-state index < -0.39 is 0 Å². The number of hydrogen-bond acceptors (Lipinski definition) is 4. The summed E-state index contributed by atoms with van der Waals surface area (Å²) in [4.78, 5) is 22.8. The SMILES string of the molecule is COc1cc(C)ccc1NC(=O)COc1ccccc1C=O. The Labute approximate surface area is 128 Å². The fraction of sp³-hybridized carbons (Fsp3) is 0.176. The van der Waals surface area contributed by atoms with E-state index in [-0.39, 0.29) is 12.5 Å². The van der Waals surface area contributed by atoms with Gasteiger partial charge in [0.1, 0.15) is 11.5 Å². The summed E-state index contributed by atoms with van der Waals surface area (Å²) in [6.45, 7) is 1.75. The van der Waals surface area contributed by atoms with Crippen LogP contribution in [-0.4, -0.2) is 25.9 Å². The molecule has 0 atom stereocenters. The minimum Gasteiger partial charge on any atom is -0.495 e. The fourth-order valence-corrected chi connectivity index (χ4v) is 1.94. The van der Waals surface area contributed by atoms with Gasteiger partial charge in [-0.2, -0.15) is 0 Å². The van der Waals surface area contributed by atoms with Gasteiger partial charge in [-0.25, -0.2) is 0 Å². The maximum absolute atomic E-state index is 12.0. The minimum atomic E-state index is -0.331. The molecule has 2 aromatic carbocycles. The minimum absolute atomic E-state index is 0.193. The third-order valence-electron chi connectivity index (χ3n) is 3.04. The largest absolute Gasteiger partial charge is 0.495 e. The van der Waals surface area contributed by atoms with E-state index in [1.165, 1.54) is 0 Å². The first-order chi connectivity index (χ1) is 10.6. The van der Waals surface area contributed by atoms with E-state index in [1.807, 2.05) is 19.1 Å². The maximum atomic E-state index is 12.0. The Morgan fingerprint density at radius 3 is 2.68 bits per heavy atom. The van der Waals surface area contributed by atoms with Gasteiger partial charge in [0.25, 0.3) is 5.91 Å². The first-order valence-corrected chi connectivity index (χ1v) is 6.75. The second-order valence-electron chi connectivity index (χ2n) is 4.70. The second kappa shape index (κ2) is 7.26. The van der Waals surface area contributed by atoms with E-state index >= 15 is 0 Å². The van der Waals surface area contributed by atoms with Crippen LogP contribution >= 0.6 is 0 Å². The van der Waals surface area contributed by atoms with Crippen molar-refractivity contribution in [2.75, 3.05) is 19.0 Å². The van der Waals surface area contributed by atoms with E-state index in [2.05, 4.69) is 5.32 Å². The summed E-state index contributed by atoms with van der Waals surface area (Å²) in [6, 6.07) is 12.2. The summed E-state index contributed by atoms with van der Waals surface area (Å²) >= 11 is 0. The molecule has 0 aliphatic carbocycles. The molecule has 0 bridgehead atoms. The number of rotatable bonds is 6. The van der Waals surface area contributed by atoms with Crippen molar-refractivity contribution in [2.24, 2.45) is 0 Å². The lowest BCUT2D eigenvalue weighted by atomic mass is 10.2. The number of aryl methyl sites for hydroxylation is 1. The van der Waals surface area contributed by atoms with Gasteiger partial charge in [-0.05, 0) is 36.8 Å². The molecule has 1 amide bonds. The van der Waals surface area contributed by atoms with E-state index in [1.54, 1.807) is 37.4 Å². The number of benzene rings is 2. The molecule has 5 heteroatoms. The molecule has 0 aromatic heterocycles. The molecule has 0 radical (unpaired) electrons. The van der Waals surface area contributed by atoms with Crippen LogP contribution in [-0.2, 0) is 4.79 Å². The van der Waals surface area contributed by atoms with Crippen LogP contribution in [0, 0.1) is 6.92 Å². The van der Waals surface area contributed by atoms with Crippen molar-refractivity contribution in [3.8, 4) is 11.5 Å². The van der Waals surface area contributed by atoms with Crippen LogP contribution in [0.4, 0.5) is 5.69 Å². The van der Waals surface area contributed by atoms with Crippen LogP contribution in [0.5, 0.6) is 11.5 Å². The van der Waals surface area contributed by atoms with Gasteiger partial charge in [-0.15, -0.1) is 0 Å². The molecule has 0 saturated heterocycles. The molecular formula is C17H17NO4. The topological polar surface area (TPSA) is 64.6 Å². The molecule has 2 aromatic rings. The smallest absolute Gasteiger partial charge is 0.262 e. The summed E-state index contributed by atoms with van der Waals surface area (Å²) < 4.78 is 10.6. The van der Waals surface area contributed by atoms with Crippen molar-refractivity contribution >= 4 is 17.9 Å². The van der Waals surface area contributed by atoms with Crippen LogP contribution in [0.25, 0.3) is 0 Å². The normalized spacial score (nSPS) is 9.91. The van der Waals surface area contributed by atoms with Gasteiger partial charge in [0.15, 0.2) is 12.9 Å². The lowest BCUT2D eigenvalue weighted by Crippen LogP contribution is -2.20. The first-order valence-electron chi connectivity index (χ1n) is 6.75. The van der Waals surface area contributed by atoms with E-state index in [9.17, 15) is 9.59 Å². The lowest BCUT2D eigenvalue weighted by Gasteiger charge is -2.12. The third kappa shape index (κ3) is 3.85. The lowest BCUT2D eigenvalue weighted by molar-refractivity contribution is -0.118. The molecule has 0 unspecified atom stereocenters. The molecule has 0 heterocycles. The number of anilines is 1. The Hall–Kier alpha value is -2.82. The van der Waals surface area contributed by atoms with Gasteiger partial charge < -0.3 is 14.8 Å². The molecule has 1 N–H and O–H groups in total. The van der Waals surface area contributed by atoms with E-state index in [0.717, 1.165) is 5.56 Å². The molecule has 0 saturated carbocycles. The zero-order chi connectivity index (χ0) is 15.9. The highest BCUT2D eigenvalue weighted by Crippen LogP contribution is 2.25. The first kappa shape index (κ1) is 15.6. The van der Waals surface area contributed by atoms with E-state index in [0.29, 0.717) is 29.0 Å². The van der Waals surface area contributed by atoms with Gasteiger partial charge >= 0.3 is 0 Å². The third-order valence-corrected chi connectivity index (χ3v) is 3.04. The van der Waals surface area contributed by atoms with E-state index in [4.69, 9.17) is 9.47 Å². The van der Waals surface area contributed by atoms with Crippen LogP contribution in [0.1, 0.15) is 15.9 Å². The number of methoxy groups -OCH3 is 1. The number of ether oxygens (including phenoxy) is 2. The highest BCUT2D eigenvalue weighted by molar-refractivity contribution is 5.93. The number of para-hydroxylation sites is 1. The summed E-state index contributed by atoms with van der Waals surface area (Å²) in [5.74, 6) is 0.632. The predicted octanol–water partition coefficient (Wildman–Crippen LogP) is 2.83. The predicted molar refractivity (Wildman–Crippen MR) is 83.7 cm³/mol. The van der Waals surface area contributed by atoms with Crippen LogP contribution in [0.2, 0.25) is 0 Å². The quantitative estimate of drug-likeness (QED) is 0.833. The number of hydrogen-bond donors (Lipinski definition) is 1. The molecule has 0 fully saturated rings. The van der Waals surface area contributed by atoms with Crippen LogP contribution < -0.4 is 14.8 Å². The van der Waals surface area contributed by atoms with Crippen molar-refractivity contribution in [1.82, 2.24) is 0 Å². The van der Waals surface area contributed by atoms with Gasteiger partial charge in [-0.1, -0.05) is 18.2 Å². The number of aldehydes is 1. The van der Waals surface area contributed by atoms with Crippen molar-refractivity contribution in [3.63, 3.8) is 0 Å². The Morgan fingerprint density at radius 2 is 1.95 bits per heavy atom. The van der Waals surface area contributed by atoms with Gasteiger partial charge in [0.2, 0.25) is 0 Å². The van der Waals surface area contributed by atoms with Crippen LogP contribution in [0.3, 0.4) is 0 Å². The number of nitrogens with one attached hydrogen (secondary N) is 1. The second-order valence-corrected chi connectivity index (χ2v) is 4.70. The zero-order valence-corrected chi connectivity index (χ0v) is 12.5. The number of amides is 1. The average molecular weight is 299 g/mol. The molecule has 0 spiro atoms. The number of carbonyl (C=O) groups excluding carboxylic acids is 2. The molecule has 0 aliphatic heterocycles. The average Bonchev–Trinajstić information content (AvgIpc) is 2.54. The van der Waals surface area contributed by atoms with Gasteiger partial charge in [0.05, 0.1) is 18.4 Å². The summed E-state index contributed by atoms with van der Waals surface area (Å²) in [5.41, 5.74) is 2.01. The molecular weight excluding hydrogens is 282 g/mol. The molecule has 0 aliphatic rings. The van der Waals surface area contributed by atoms with Crippen molar-refractivity contribution < 1.29 is 19.1 Å². The van der Waals surface area contributed by atoms with Crippen LogP contribution in [0.15, 0.2) is 42.5 Å². The summed E-state index contributed by atoms with van der Waals surface area (Å²) in [6.07, 6.45) is 0.691. The Kier molecular flexibility index (Phi) is 5.14. The summed E-state index contributed by atoms with van der Waals surface area (Å²) in [5, 5.41) is 2.72. The maximum Gasteiger partial charge on any atom is 0.262 e. The molecule has 2 rings (SSSR count). The Morgan fingerprint density at radius 1 is 1.18 bits per heavy atom. The van der Waals surface area contributed by atoms with Crippen molar-refractivity contribution in [1.29, 1.82) is 0 Å². The van der Waals surface area contributed by atoms with Gasteiger partial charge in [-0.3, -0.25) is 9.59 Å². The van der Waals surface area contributed by atoms with Crippen molar-refractivity contribution in [3.05, 3.63) is 53.6 Å². The fourth-order valence-electron chi connectivity index (χ4n) is 1.94. The Balaban J connectivity index is 2.00.